The molecule has 1 saturated carbocycles. The number of hydrogen-bond acceptors (Lipinski definition) is 8. The highest BCUT2D eigenvalue weighted by Crippen LogP contribution is 2.43. The molecule has 0 atom stereocenters. The number of aliphatic imine (C=N–C) groups is 2. The first-order chi connectivity index (χ1) is 15.1. The summed E-state index contributed by atoms with van der Waals surface area (Å²) in [5, 5.41) is 0.669. The van der Waals surface area contributed by atoms with Crippen LogP contribution in [0.3, 0.4) is 0 Å². The average Bonchev–Trinajstić information content (AvgIpc) is 2.70. The summed E-state index contributed by atoms with van der Waals surface area (Å²) in [6.45, 7) is 0. The predicted octanol–water partition coefficient (Wildman–Crippen LogP) is 4.14. The summed E-state index contributed by atoms with van der Waals surface area (Å²) in [7, 11) is -4.67. The van der Waals surface area contributed by atoms with Crippen molar-refractivity contribution in [3.05, 3.63) is 46.4 Å². The lowest BCUT2D eigenvalue weighted by molar-refractivity contribution is 0.304. The van der Waals surface area contributed by atoms with Gasteiger partial charge in [0, 0.05) is 11.1 Å². The maximum Gasteiger partial charge on any atom is 0.296 e. The van der Waals surface area contributed by atoms with Gasteiger partial charge in [0.1, 0.15) is 22.1 Å². The topological polar surface area (TPSA) is 144 Å². The second kappa shape index (κ2) is 8.43. The Balaban J connectivity index is 1.81. The van der Waals surface area contributed by atoms with Crippen LogP contribution in [-0.4, -0.2) is 30.6 Å². The van der Waals surface area contributed by atoms with Crippen LogP contribution in [0.1, 0.15) is 32.1 Å². The first-order valence-corrected chi connectivity index (χ1v) is 12.0. The van der Waals surface area contributed by atoms with Crippen LogP contribution >= 0.6 is 23.2 Å². The highest BCUT2D eigenvalue weighted by Gasteiger charge is 2.44. The van der Waals surface area contributed by atoms with Crippen molar-refractivity contribution >= 4 is 50.9 Å². The number of anilines is 1. The first kappa shape index (κ1) is 22.7. The molecule has 1 aliphatic heterocycles. The maximum absolute atomic E-state index is 12.3. The van der Waals surface area contributed by atoms with Crippen molar-refractivity contribution in [1.82, 2.24) is 0 Å². The molecule has 0 saturated heterocycles. The van der Waals surface area contributed by atoms with Crippen LogP contribution in [0.4, 0.5) is 5.69 Å². The highest BCUT2D eigenvalue weighted by atomic mass is 35.5. The van der Waals surface area contributed by atoms with Crippen molar-refractivity contribution in [3.63, 3.8) is 0 Å². The Hall–Kier alpha value is -2.53. The number of nitrogens with two attached hydrogens (primary N) is 2. The normalized spacial score (nSPS) is 18.3. The molecule has 0 radical (unpaired) electrons. The van der Waals surface area contributed by atoms with E-state index in [1.165, 1.54) is 23.1 Å². The van der Waals surface area contributed by atoms with Gasteiger partial charge in [-0.15, -0.1) is 0 Å². The first-order valence-electron chi connectivity index (χ1n) is 9.83. The van der Waals surface area contributed by atoms with Gasteiger partial charge in [-0.3, -0.25) is 9.45 Å². The minimum atomic E-state index is -4.67. The van der Waals surface area contributed by atoms with Gasteiger partial charge in [0.15, 0.2) is 0 Å². The lowest BCUT2D eigenvalue weighted by Crippen LogP contribution is -2.58. The third-order valence-electron chi connectivity index (χ3n) is 5.42. The van der Waals surface area contributed by atoms with E-state index >= 15 is 0 Å². The van der Waals surface area contributed by atoms with Crippen LogP contribution in [0.25, 0.3) is 0 Å². The van der Waals surface area contributed by atoms with Gasteiger partial charge >= 0.3 is 0 Å². The van der Waals surface area contributed by atoms with Crippen molar-refractivity contribution < 1.29 is 17.7 Å². The minimum absolute atomic E-state index is 0.00119. The van der Waals surface area contributed by atoms with Gasteiger partial charge in [-0.2, -0.15) is 13.4 Å². The second-order valence-corrected chi connectivity index (χ2v) is 9.83. The molecule has 170 valence electrons. The standard InChI is InChI=1S/C20H21Cl2N5O4S/c21-12-4-7-16(14(22)10-12)31-13-5-6-15(17(11-13)32(28,29)30)27-19(24)25-18(23)26-20(27)8-2-1-3-9-20/h4-7,10-11H,1-3,8-9H2,(H,28,29,30)(H4,23,24,25,26). The Morgan fingerprint density at radius 2 is 1.78 bits per heavy atom. The molecule has 4 rings (SSSR count). The smallest absolute Gasteiger partial charge is 0.296 e. The molecule has 32 heavy (non-hydrogen) atoms. The minimum Gasteiger partial charge on any atom is -0.456 e. The third-order valence-corrected chi connectivity index (χ3v) is 6.84. The Morgan fingerprint density at radius 1 is 1.06 bits per heavy atom. The monoisotopic (exact) mass is 497 g/mol. The number of guanidine groups is 2. The summed E-state index contributed by atoms with van der Waals surface area (Å²) < 4.78 is 40.4. The van der Waals surface area contributed by atoms with Crippen molar-refractivity contribution in [3.8, 4) is 11.5 Å². The number of ether oxygens (including phenoxy) is 1. The Morgan fingerprint density at radius 3 is 2.44 bits per heavy atom. The van der Waals surface area contributed by atoms with E-state index in [4.69, 9.17) is 39.4 Å². The van der Waals surface area contributed by atoms with Crippen LogP contribution in [-0.2, 0) is 10.1 Å². The molecule has 1 aliphatic carbocycles. The van der Waals surface area contributed by atoms with Crippen LogP contribution in [0, 0.1) is 0 Å². The molecule has 9 nitrogen and oxygen atoms in total. The number of nitrogens with zero attached hydrogens (tertiary/aromatic N) is 3. The predicted molar refractivity (Wildman–Crippen MR) is 124 cm³/mol. The van der Waals surface area contributed by atoms with E-state index < -0.39 is 20.7 Å². The molecule has 5 N–H and O–H groups in total. The van der Waals surface area contributed by atoms with Gasteiger partial charge in [-0.1, -0.05) is 29.6 Å². The molecule has 0 aromatic heterocycles. The highest BCUT2D eigenvalue weighted by molar-refractivity contribution is 7.86. The summed E-state index contributed by atoms with van der Waals surface area (Å²) in [6.07, 6.45) is 3.94. The second-order valence-electron chi connectivity index (χ2n) is 7.60. The zero-order chi connectivity index (χ0) is 23.1. The Kier molecular flexibility index (Phi) is 5.97. The van der Waals surface area contributed by atoms with Crippen molar-refractivity contribution in [2.75, 3.05) is 4.90 Å². The van der Waals surface area contributed by atoms with Gasteiger partial charge in [0.05, 0.1) is 10.7 Å². The van der Waals surface area contributed by atoms with Gasteiger partial charge in [0.25, 0.3) is 10.1 Å². The van der Waals surface area contributed by atoms with E-state index in [9.17, 15) is 13.0 Å². The summed E-state index contributed by atoms with van der Waals surface area (Å²) in [5.41, 5.74) is 11.3. The van der Waals surface area contributed by atoms with E-state index in [0.29, 0.717) is 17.9 Å². The van der Waals surface area contributed by atoms with E-state index in [-0.39, 0.29) is 34.1 Å². The molecule has 2 aromatic rings. The quantitative estimate of drug-likeness (QED) is 0.538. The average molecular weight is 498 g/mol. The molecule has 2 aromatic carbocycles. The number of halogens is 2. The van der Waals surface area contributed by atoms with Crippen LogP contribution < -0.4 is 21.1 Å². The van der Waals surface area contributed by atoms with Crippen molar-refractivity contribution in [2.24, 2.45) is 21.5 Å². The van der Waals surface area contributed by atoms with E-state index in [1.54, 1.807) is 18.2 Å². The molecule has 1 fully saturated rings. The fourth-order valence-corrected chi connectivity index (χ4v) is 5.24. The van der Waals surface area contributed by atoms with E-state index in [1.807, 2.05) is 0 Å². The SMILES string of the molecule is NC1=NC2(CCCCC2)N(c2ccc(Oc3ccc(Cl)cc3Cl)cc2S(=O)(=O)O)C(N)=N1. The molecule has 1 spiro atoms. The number of hydrogen-bond donors (Lipinski definition) is 3. The zero-order valence-electron chi connectivity index (χ0n) is 16.8. The Bertz CT molecular complexity index is 1230. The van der Waals surface area contributed by atoms with Crippen LogP contribution in [0.2, 0.25) is 10.0 Å². The molecular weight excluding hydrogens is 477 g/mol. The zero-order valence-corrected chi connectivity index (χ0v) is 19.2. The molecule has 12 heteroatoms. The third kappa shape index (κ3) is 4.36. The molecule has 0 unspecified atom stereocenters. The van der Waals surface area contributed by atoms with Gasteiger partial charge in [-0.05, 0) is 56.0 Å². The summed E-state index contributed by atoms with van der Waals surface area (Å²) in [4.78, 5) is 9.69. The van der Waals surface area contributed by atoms with E-state index in [0.717, 1.165) is 19.3 Å². The number of benzene rings is 2. The summed E-state index contributed by atoms with van der Waals surface area (Å²) in [6, 6.07) is 8.85. The molecule has 2 aliphatic rings. The number of rotatable bonds is 4. The fourth-order valence-electron chi connectivity index (χ4n) is 4.10. The van der Waals surface area contributed by atoms with Gasteiger partial charge in [0.2, 0.25) is 11.9 Å². The van der Waals surface area contributed by atoms with Gasteiger partial charge in [-0.25, -0.2) is 4.99 Å². The maximum atomic E-state index is 12.3. The van der Waals surface area contributed by atoms with Crippen LogP contribution in [0.15, 0.2) is 51.3 Å². The van der Waals surface area contributed by atoms with Crippen molar-refractivity contribution in [2.45, 2.75) is 42.7 Å². The molecule has 1 heterocycles. The largest absolute Gasteiger partial charge is 0.456 e. The van der Waals surface area contributed by atoms with E-state index in [2.05, 4.69) is 9.98 Å². The molecular formula is C20H21Cl2N5O4S. The van der Waals surface area contributed by atoms with Crippen molar-refractivity contribution in [1.29, 1.82) is 0 Å². The summed E-state index contributed by atoms with van der Waals surface area (Å²) in [5.74, 6) is 0.439. The summed E-state index contributed by atoms with van der Waals surface area (Å²) >= 11 is 12.1. The fraction of sp³-hybridized carbons (Fsp3) is 0.300. The lowest BCUT2D eigenvalue weighted by atomic mass is 9.87. The van der Waals surface area contributed by atoms with Gasteiger partial charge < -0.3 is 16.2 Å². The lowest BCUT2D eigenvalue weighted by Gasteiger charge is -2.46. The Labute approximate surface area is 195 Å². The molecule has 0 amide bonds. The molecule has 0 bridgehead atoms. The van der Waals surface area contributed by atoms with Crippen LogP contribution in [0.5, 0.6) is 11.5 Å².